The van der Waals surface area contributed by atoms with E-state index in [1.165, 1.54) is 4.90 Å². The Kier molecular flexibility index (Phi) is 6.00. The molecule has 8 heteroatoms. The molecule has 8 nitrogen and oxygen atoms in total. The first kappa shape index (κ1) is 22.3. The molecule has 2 aromatic carbocycles. The number of ketones is 1. The second-order valence-electron chi connectivity index (χ2n) is 8.19. The Labute approximate surface area is 192 Å². The molecule has 0 saturated heterocycles. The minimum Gasteiger partial charge on any atom is -0.462 e. The third kappa shape index (κ3) is 4.11. The van der Waals surface area contributed by atoms with Crippen LogP contribution in [0.5, 0.6) is 0 Å². The molecule has 0 saturated carbocycles. The van der Waals surface area contributed by atoms with Crippen LogP contribution in [0.4, 0.5) is 5.69 Å². The average Bonchev–Trinajstić information content (AvgIpc) is 3.23. The fourth-order valence-corrected chi connectivity index (χ4v) is 4.11. The summed E-state index contributed by atoms with van der Waals surface area (Å²) >= 11 is 0. The highest BCUT2D eigenvalue weighted by atomic mass is 16.5. The summed E-state index contributed by atoms with van der Waals surface area (Å²) in [6, 6.07) is 11.8. The average molecular weight is 447 g/mol. The molecule has 170 valence electrons. The molecule has 1 aliphatic rings. The number of esters is 1. The Morgan fingerprint density at radius 1 is 1.12 bits per heavy atom. The van der Waals surface area contributed by atoms with E-state index in [9.17, 15) is 14.4 Å². The van der Waals surface area contributed by atoms with Crippen molar-refractivity contribution in [2.24, 2.45) is 0 Å². The molecular weight excluding hydrogens is 420 g/mol. The number of hydrogen-bond acceptors (Lipinski definition) is 6. The Morgan fingerprint density at radius 2 is 1.85 bits per heavy atom. The van der Waals surface area contributed by atoms with E-state index in [0.29, 0.717) is 22.6 Å². The van der Waals surface area contributed by atoms with Gasteiger partial charge in [0.15, 0.2) is 5.78 Å². The maximum absolute atomic E-state index is 13.8. The number of nitrogens with zero attached hydrogens (tertiary/aromatic N) is 2. The molecular formula is C25H26N4O4. The van der Waals surface area contributed by atoms with Crippen molar-refractivity contribution in [2.75, 3.05) is 26.0 Å². The van der Waals surface area contributed by atoms with Gasteiger partial charge in [0.2, 0.25) is 0 Å². The number of amides is 1. The first-order valence-corrected chi connectivity index (χ1v) is 10.8. The summed E-state index contributed by atoms with van der Waals surface area (Å²) in [4.78, 5) is 47.8. The molecule has 0 spiro atoms. The van der Waals surface area contributed by atoms with Gasteiger partial charge in [-0.1, -0.05) is 18.2 Å². The number of aryl methyl sites for hydroxylation is 1. The van der Waals surface area contributed by atoms with Gasteiger partial charge in [-0.05, 0) is 43.7 Å². The molecule has 2 N–H and O–H groups in total. The zero-order valence-corrected chi connectivity index (χ0v) is 19.0. The van der Waals surface area contributed by atoms with Gasteiger partial charge in [0, 0.05) is 37.2 Å². The minimum absolute atomic E-state index is 0.100. The first-order valence-electron chi connectivity index (χ1n) is 10.8. The van der Waals surface area contributed by atoms with Crippen molar-refractivity contribution in [3.05, 3.63) is 82.4 Å². The van der Waals surface area contributed by atoms with Crippen LogP contribution in [-0.2, 0) is 4.74 Å². The number of aromatic nitrogens is 2. The Bertz CT molecular complexity index is 1210. The van der Waals surface area contributed by atoms with Crippen molar-refractivity contribution in [1.29, 1.82) is 0 Å². The smallest absolute Gasteiger partial charge is 0.338 e. The number of carbonyl (C=O) groups is 3. The molecule has 33 heavy (non-hydrogen) atoms. The highest BCUT2D eigenvalue weighted by Gasteiger charge is 2.41. The Hall–Kier alpha value is -3.94. The van der Waals surface area contributed by atoms with E-state index in [1.54, 1.807) is 57.5 Å². The van der Waals surface area contributed by atoms with E-state index in [-0.39, 0.29) is 23.9 Å². The Balaban J connectivity index is 1.81. The molecule has 0 fully saturated rings. The summed E-state index contributed by atoms with van der Waals surface area (Å²) < 4.78 is 5.18. The molecule has 1 amide bonds. The molecule has 0 radical (unpaired) electrons. The second kappa shape index (κ2) is 8.90. The maximum Gasteiger partial charge on any atom is 0.338 e. The number of fused-ring (bicyclic) bond motifs is 1. The molecule has 3 aromatic rings. The summed E-state index contributed by atoms with van der Waals surface area (Å²) in [6.07, 6.45) is 1.67. The number of anilines is 1. The van der Waals surface area contributed by atoms with E-state index < -0.39 is 17.9 Å². The van der Waals surface area contributed by atoms with Crippen molar-refractivity contribution in [3.8, 4) is 0 Å². The van der Waals surface area contributed by atoms with Crippen LogP contribution in [0, 0.1) is 6.92 Å². The summed E-state index contributed by atoms with van der Waals surface area (Å²) in [5.74, 6) is -1.05. The van der Waals surface area contributed by atoms with Crippen LogP contribution < -0.4 is 5.32 Å². The monoisotopic (exact) mass is 446 g/mol. The van der Waals surface area contributed by atoms with Crippen LogP contribution in [-0.4, -0.2) is 53.2 Å². The van der Waals surface area contributed by atoms with Gasteiger partial charge in [0.1, 0.15) is 11.7 Å². The summed E-state index contributed by atoms with van der Waals surface area (Å²) in [5.41, 5.74) is 3.29. The number of nitrogens with one attached hydrogen (secondary N) is 2. The lowest BCUT2D eigenvalue weighted by Crippen LogP contribution is -2.34. The van der Waals surface area contributed by atoms with E-state index >= 15 is 0 Å². The molecule has 0 bridgehead atoms. The zero-order valence-electron chi connectivity index (χ0n) is 19.0. The number of rotatable bonds is 5. The van der Waals surface area contributed by atoms with Crippen molar-refractivity contribution >= 4 is 23.3 Å². The van der Waals surface area contributed by atoms with Gasteiger partial charge < -0.3 is 19.9 Å². The number of ether oxygens (including phenoxy) is 1. The van der Waals surface area contributed by atoms with Crippen LogP contribution >= 0.6 is 0 Å². The zero-order chi connectivity index (χ0) is 23.7. The number of imidazole rings is 1. The number of aromatic amines is 1. The summed E-state index contributed by atoms with van der Waals surface area (Å²) in [7, 11) is 3.40. The molecule has 2 heterocycles. The number of H-pyrrole nitrogens is 1. The molecule has 1 aliphatic heterocycles. The second-order valence-corrected chi connectivity index (χ2v) is 8.19. The predicted molar refractivity (Wildman–Crippen MR) is 124 cm³/mol. The van der Waals surface area contributed by atoms with Crippen molar-refractivity contribution in [2.45, 2.75) is 25.8 Å². The van der Waals surface area contributed by atoms with Crippen LogP contribution in [0.15, 0.2) is 48.7 Å². The van der Waals surface area contributed by atoms with Gasteiger partial charge in [-0.3, -0.25) is 9.59 Å². The fraction of sp³-hybridized carbons (Fsp3) is 0.280. The maximum atomic E-state index is 13.8. The van der Waals surface area contributed by atoms with Crippen LogP contribution in [0.2, 0.25) is 0 Å². The van der Waals surface area contributed by atoms with Gasteiger partial charge >= 0.3 is 5.97 Å². The highest BCUT2D eigenvalue weighted by Crippen LogP contribution is 2.42. The van der Waals surface area contributed by atoms with Crippen LogP contribution in [0.3, 0.4) is 0 Å². The van der Waals surface area contributed by atoms with Gasteiger partial charge in [0.25, 0.3) is 5.91 Å². The third-order valence-electron chi connectivity index (χ3n) is 5.67. The lowest BCUT2D eigenvalue weighted by molar-refractivity contribution is 0.0522. The molecule has 2 atom stereocenters. The summed E-state index contributed by atoms with van der Waals surface area (Å²) in [6.45, 7) is 3.81. The van der Waals surface area contributed by atoms with Crippen molar-refractivity contribution < 1.29 is 19.1 Å². The van der Waals surface area contributed by atoms with Gasteiger partial charge in [0.05, 0.1) is 23.8 Å². The largest absolute Gasteiger partial charge is 0.462 e. The first-order chi connectivity index (χ1) is 15.8. The molecule has 2 unspecified atom stereocenters. The standard InChI is InChI=1S/C25H26N4O4/c1-5-33-25(32)17-7-6-8-18-19(17)22(30)20(23-26-13-14(2)27-23)21(28-18)15-9-11-16(12-10-15)24(31)29(3)4/h6-13,20-21,28H,5H2,1-4H3,(H,26,27). The molecule has 0 aliphatic carbocycles. The van der Waals surface area contributed by atoms with Crippen LogP contribution in [0.1, 0.15) is 67.0 Å². The molecule has 1 aromatic heterocycles. The molecule has 4 rings (SSSR count). The number of hydrogen-bond donors (Lipinski definition) is 2. The number of Topliss-reactive ketones (excluding diaryl/α,β-unsaturated/α-hetero) is 1. The van der Waals surface area contributed by atoms with Crippen molar-refractivity contribution in [3.63, 3.8) is 0 Å². The summed E-state index contributed by atoms with van der Waals surface area (Å²) in [5, 5.41) is 3.43. The van der Waals surface area contributed by atoms with E-state index in [4.69, 9.17) is 4.74 Å². The van der Waals surface area contributed by atoms with Crippen molar-refractivity contribution in [1.82, 2.24) is 14.9 Å². The minimum atomic E-state index is -0.697. The number of benzene rings is 2. The van der Waals surface area contributed by atoms with E-state index in [2.05, 4.69) is 15.3 Å². The topological polar surface area (TPSA) is 104 Å². The third-order valence-corrected chi connectivity index (χ3v) is 5.67. The van der Waals surface area contributed by atoms with E-state index in [1.807, 2.05) is 19.1 Å². The normalized spacial score (nSPS) is 17.2. The van der Waals surface area contributed by atoms with Gasteiger partial charge in [-0.2, -0.15) is 0 Å². The fourth-order valence-electron chi connectivity index (χ4n) is 4.11. The predicted octanol–water partition coefficient (Wildman–Crippen LogP) is 3.73. The highest BCUT2D eigenvalue weighted by molar-refractivity contribution is 6.14. The quantitative estimate of drug-likeness (QED) is 0.579. The number of carbonyl (C=O) groups excluding carboxylic acids is 3. The SMILES string of the molecule is CCOC(=O)c1cccc2c1C(=O)C(c1ncc(C)[nH]1)C(c1ccc(C(=O)N(C)C)cc1)N2. The lowest BCUT2D eigenvalue weighted by Gasteiger charge is -2.33. The van der Waals surface area contributed by atoms with Gasteiger partial charge in [-0.25, -0.2) is 9.78 Å². The van der Waals surface area contributed by atoms with Crippen LogP contribution in [0.25, 0.3) is 0 Å². The van der Waals surface area contributed by atoms with Gasteiger partial charge in [-0.15, -0.1) is 0 Å². The Morgan fingerprint density at radius 3 is 2.45 bits per heavy atom. The lowest BCUT2D eigenvalue weighted by atomic mass is 9.80. The van der Waals surface area contributed by atoms with E-state index in [0.717, 1.165) is 11.3 Å².